The monoisotopic (exact) mass is 449 g/mol. The fourth-order valence-electron chi connectivity index (χ4n) is 3.67. The van der Waals surface area contributed by atoms with E-state index in [0.29, 0.717) is 23.5 Å². The molecule has 0 radical (unpaired) electrons. The van der Waals surface area contributed by atoms with Gasteiger partial charge in [0, 0.05) is 12.0 Å². The Morgan fingerprint density at radius 3 is 2.66 bits per heavy atom. The molecular formula is C23H18FN4O3S+. The molecule has 160 valence electrons. The first-order chi connectivity index (χ1) is 15.6. The molecule has 0 saturated carbocycles. The van der Waals surface area contributed by atoms with Gasteiger partial charge in [-0.3, -0.25) is 0 Å². The van der Waals surface area contributed by atoms with Crippen LogP contribution in [0.3, 0.4) is 0 Å². The van der Waals surface area contributed by atoms with Gasteiger partial charge in [-0.05, 0) is 41.3 Å². The molecule has 0 saturated heterocycles. The second-order valence-corrected chi connectivity index (χ2v) is 8.37. The summed E-state index contributed by atoms with van der Waals surface area (Å²) < 4.78 is 20.0. The zero-order chi connectivity index (χ0) is 22.1. The summed E-state index contributed by atoms with van der Waals surface area (Å²) in [5.74, 6) is -0.0414. The van der Waals surface area contributed by atoms with Crippen molar-refractivity contribution in [3.8, 4) is 11.4 Å². The van der Waals surface area contributed by atoms with Crippen LogP contribution in [-0.2, 0) is 17.8 Å². The molecular weight excluding hydrogens is 431 g/mol. The summed E-state index contributed by atoms with van der Waals surface area (Å²) in [7, 11) is 0. The highest BCUT2D eigenvalue weighted by molar-refractivity contribution is 8.04. The van der Waals surface area contributed by atoms with Crippen LogP contribution >= 0.6 is 11.8 Å². The molecule has 3 aromatic rings. The third-order valence-corrected chi connectivity index (χ3v) is 6.33. The van der Waals surface area contributed by atoms with Crippen LogP contribution in [0.25, 0.3) is 11.4 Å². The van der Waals surface area contributed by atoms with Crippen LogP contribution in [0.2, 0.25) is 0 Å². The zero-order valence-electron chi connectivity index (χ0n) is 16.8. The Balaban J connectivity index is 1.39. The number of halogens is 1. The molecule has 32 heavy (non-hydrogen) atoms. The SMILES string of the molecule is O=C1C2SC=CC2=[N+](Cc2nc(-c3ccc(F)cc3)no2)C(=O)N1CCc1ccccc1. The summed E-state index contributed by atoms with van der Waals surface area (Å²) in [6.07, 6.45) is 2.35. The second-order valence-electron chi connectivity index (χ2n) is 7.36. The van der Waals surface area contributed by atoms with E-state index in [0.717, 1.165) is 5.56 Å². The van der Waals surface area contributed by atoms with E-state index in [9.17, 15) is 14.0 Å². The lowest BCUT2D eigenvalue weighted by Gasteiger charge is -2.23. The highest BCUT2D eigenvalue weighted by Crippen LogP contribution is 2.28. The Kier molecular flexibility index (Phi) is 5.40. The molecule has 1 unspecified atom stereocenters. The lowest BCUT2D eigenvalue weighted by Crippen LogP contribution is -2.55. The predicted molar refractivity (Wildman–Crippen MR) is 116 cm³/mol. The van der Waals surface area contributed by atoms with E-state index in [1.54, 1.807) is 18.2 Å². The van der Waals surface area contributed by atoms with Crippen molar-refractivity contribution in [1.82, 2.24) is 15.0 Å². The zero-order valence-corrected chi connectivity index (χ0v) is 17.7. The maximum atomic E-state index is 13.3. The summed E-state index contributed by atoms with van der Waals surface area (Å²) in [6.45, 7) is 0.325. The van der Waals surface area contributed by atoms with Gasteiger partial charge in [0.25, 0.3) is 5.89 Å². The van der Waals surface area contributed by atoms with Gasteiger partial charge in [0.2, 0.25) is 5.82 Å². The Morgan fingerprint density at radius 1 is 1.09 bits per heavy atom. The topological polar surface area (TPSA) is 79.3 Å². The Bertz CT molecular complexity index is 1240. The van der Waals surface area contributed by atoms with Gasteiger partial charge in [0.05, 0.1) is 0 Å². The standard InChI is InChI=1S/C23H18FN4O3S/c24-17-8-6-16(7-9-17)21-25-19(31-26-21)14-28-18-11-13-32-20(18)22(29)27(23(28)30)12-10-15-4-2-1-3-5-15/h1-9,11,13,20H,10,12,14H2/q+1. The van der Waals surface area contributed by atoms with Crippen molar-refractivity contribution >= 4 is 29.4 Å². The van der Waals surface area contributed by atoms with Gasteiger partial charge in [0.1, 0.15) is 18.1 Å². The maximum absolute atomic E-state index is 13.3. The lowest BCUT2D eigenvalue weighted by molar-refractivity contribution is -0.458. The van der Waals surface area contributed by atoms with E-state index in [-0.39, 0.29) is 30.7 Å². The smallest absolute Gasteiger partial charge is 0.335 e. The number of thioether (sulfide) groups is 1. The number of carbonyl (C=O) groups excluding carboxylic acids is 2. The predicted octanol–water partition coefficient (Wildman–Crippen LogP) is 3.66. The van der Waals surface area contributed by atoms with Crippen molar-refractivity contribution in [3.05, 3.63) is 83.4 Å². The molecule has 9 heteroatoms. The molecule has 3 heterocycles. The molecule has 0 spiro atoms. The van der Waals surface area contributed by atoms with Crippen molar-refractivity contribution in [2.45, 2.75) is 18.2 Å². The van der Waals surface area contributed by atoms with Crippen LogP contribution in [0.5, 0.6) is 0 Å². The third-order valence-electron chi connectivity index (χ3n) is 5.32. The van der Waals surface area contributed by atoms with Crippen LogP contribution in [-0.4, -0.2) is 49.1 Å². The van der Waals surface area contributed by atoms with Crippen molar-refractivity contribution < 1.29 is 23.1 Å². The minimum absolute atomic E-state index is 0.0406. The van der Waals surface area contributed by atoms with Gasteiger partial charge < -0.3 is 4.52 Å². The van der Waals surface area contributed by atoms with Crippen molar-refractivity contribution in [1.29, 1.82) is 0 Å². The second kappa shape index (κ2) is 8.51. The summed E-state index contributed by atoms with van der Waals surface area (Å²) in [6, 6.07) is 15.1. The van der Waals surface area contributed by atoms with Crippen LogP contribution in [0, 0.1) is 5.82 Å². The number of hydrogen-bond donors (Lipinski definition) is 0. The van der Waals surface area contributed by atoms with E-state index in [1.165, 1.54) is 33.4 Å². The number of urea groups is 1. The van der Waals surface area contributed by atoms with E-state index in [1.807, 2.05) is 35.7 Å². The summed E-state index contributed by atoms with van der Waals surface area (Å²) in [5.41, 5.74) is 2.27. The van der Waals surface area contributed by atoms with E-state index in [2.05, 4.69) is 10.1 Å². The fraction of sp³-hybridized carbons (Fsp3) is 0.174. The number of nitrogens with zero attached hydrogens (tertiary/aromatic N) is 4. The van der Waals surface area contributed by atoms with Crippen molar-refractivity contribution in [2.24, 2.45) is 0 Å². The Labute approximate surface area is 187 Å². The number of fused-ring (bicyclic) bond motifs is 1. The molecule has 2 aromatic carbocycles. The Hall–Kier alpha value is -3.59. The van der Waals surface area contributed by atoms with Crippen LogP contribution in [0.15, 0.2) is 70.6 Å². The molecule has 1 aromatic heterocycles. The van der Waals surface area contributed by atoms with Gasteiger partial charge >= 0.3 is 11.9 Å². The molecule has 7 nitrogen and oxygen atoms in total. The van der Waals surface area contributed by atoms with Crippen molar-refractivity contribution in [2.75, 3.05) is 6.54 Å². The fourth-order valence-corrected chi connectivity index (χ4v) is 4.64. The lowest BCUT2D eigenvalue weighted by atomic mass is 10.1. The molecule has 3 amide bonds. The molecule has 0 bridgehead atoms. The summed E-state index contributed by atoms with van der Waals surface area (Å²) in [4.78, 5) is 31.9. The molecule has 5 rings (SSSR count). The maximum Gasteiger partial charge on any atom is 0.501 e. The molecule has 2 aliphatic heterocycles. The van der Waals surface area contributed by atoms with Gasteiger partial charge in [-0.1, -0.05) is 35.5 Å². The number of benzene rings is 2. The van der Waals surface area contributed by atoms with Gasteiger partial charge in [-0.2, -0.15) is 19.3 Å². The number of allylic oxidation sites excluding steroid dienone is 1. The third kappa shape index (κ3) is 3.87. The first kappa shape index (κ1) is 20.3. The molecule has 1 atom stereocenters. The summed E-state index contributed by atoms with van der Waals surface area (Å²) in [5, 5.41) is 5.29. The summed E-state index contributed by atoms with van der Waals surface area (Å²) >= 11 is 1.37. The quantitative estimate of drug-likeness (QED) is 0.535. The number of rotatable bonds is 6. The largest absolute Gasteiger partial charge is 0.501 e. The van der Waals surface area contributed by atoms with Crippen molar-refractivity contribution in [3.63, 3.8) is 0 Å². The average molecular weight is 449 g/mol. The highest BCUT2D eigenvalue weighted by atomic mass is 32.2. The van der Waals surface area contributed by atoms with Crippen LogP contribution in [0.4, 0.5) is 9.18 Å². The first-order valence-corrected chi connectivity index (χ1v) is 11.0. The minimum Gasteiger partial charge on any atom is -0.335 e. The number of imide groups is 1. The number of amides is 3. The number of carbonyl (C=O) groups is 2. The number of hydrogen-bond acceptors (Lipinski definition) is 6. The molecule has 2 aliphatic rings. The minimum atomic E-state index is -0.469. The molecule has 0 fully saturated rings. The van der Waals surface area contributed by atoms with E-state index >= 15 is 0 Å². The van der Waals surface area contributed by atoms with Gasteiger partial charge in [-0.15, -0.1) is 11.8 Å². The molecule has 0 N–H and O–H groups in total. The normalized spacial score (nSPS) is 17.9. The number of aromatic nitrogens is 2. The highest BCUT2D eigenvalue weighted by Gasteiger charge is 2.49. The average Bonchev–Trinajstić information content (AvgIpc) is 3.48. The van der Waals surface area contributed by atoms with Gasteiger partial charge in [-0.25, -0.2) is 9.18 Å². The van der Waals surface area contributed by atoms with Crippen LogP contribution < -0.4 is 0 Å². The Morgan fingerprint density at radius 2 is 1.88 bits per heavy atom. The molecule has 0 aliphatic carbocycles. The van der Waals surface area contributed by atoms with E-state index < -0.39 is 11.3 Å². The van der Waals surface area contributed by atoms with E-state index in [4.69, 9.17) is 4.52 Å². The van der Waals surface area contributed by atoms with Crippen LogP contribution in [0.1, 0.15) is 11.5 Å². The first-order valence-electron chi connectivity index (χ1n) is 10.0. The van der Waals surface area contributed by atoms with Gasteiger partial charge in [0.15, 0.2) is 11.8 Å².